The fourth-order valence-corrected chi connectivity index (χ4v) is 1.80. The maximum absolute atomic E-state index is 5.18. The predicted octanol–water partition coefficient (Wildman–Crippen LogP) is 1.84. The summed E-state index contributed by atoms with van der Waals surface area (Å²) < 4.78 is 12.4. The van der Waals surface area contributed by atoms with E-state index in [0.717, 1.165) is 42.8 Å². The SMILES string of the molecule is COc1ccc(/C=[CH]/[Pb])cc1OC. The van der Waals surface area contributed by atoms with Crippen LogP contribution in [0.5, 0.6) is 11.5 Å². The van der Waals surface area contributed by atoms with Crippen molar-refractivity contribution in [3.05, 3.63) is 27.4 Å². The molecule has 0 saturated heterocycles. The molecule has 0 fully saturated rings. The van der Waals surface area contributed by atoms with E-state index in [-0.39, 0.29) is 0 Å². The van der Waals surface area contributed by atoms with Crippen LogP contribution < -0.4 is 9.47 Å². The van der Waals surface area contributed by atoms with Gasteiger partial charge in [0.25, 0.3) is 0 Å². The van der Waals surface area contributed by atoms with E-state index in [1.807, 2.05) is 18.2 Å². The summed E-state index contributed by atoms with van der Waals surface area (Å²) in [7, 11) is 3.28. The molecule has 1 aromatic carbocycles. The van der Waals surface area contributed by atoms with Gasteiger partial charge < -0.3 is 0 Å². The summed E-state index contributed by atoms with van der Waals surface area (Å²) in [5.74, 6) is 1.55. The van der Waals surface area contributed by atoms with Crippen LogP contribution in [-0.4, -0.2) is 40.0 Å². The minimum atomic E-state index is 0.771. The number of rotatable bonds is 3. The summed E-state index contributed by atoms with van der Waals surface area (Å²) in [6.07, 6.45) is 2.08. The molecule has 0 aromatic heterocycles. The normalized spacial score (nSPS) is 10.4. The molecule has 0 atom stereocenters. The van der Waals surface area contributed by atoms with E-state index >= 15 is 0 Å². The third-order valence-corrected chi connectivity index (χ3v) is 2.33. The quantitative estimate of drug-likeness (QED) is 0.756. The Kier molecular flexibility index (Phi) is 4.28. The molecular formula is C10H11O2Pb. The van der Waals surface area contributed by atoms with Crippen molar-refractivity contribution in [1.82, 2.24) is 0 Å². The zero-order valence-corrected chi connectivity index (χ0v) is 11.6. The van der Waals surface area contributed by atoms with E-state index in [1.165, 1.54) is 0 Å². The summed E-state index contributed by atoms with van der Waals surface area (Å²) in [5, 5.41) is 0. The van der Waals surface area contributed by atoms with Crippen LogP contribution >= 0.6 is 0 Å². The Morgan fingerprint density at radius 1 is 1.15 bits per heavy atom. The van der Waals surface area contributed by atoms with Crippen molar-refractivity contribution in [2.45, 2.75) is 0 Å². The molecule has 3 heteroatoms. The first-order valence-corrected chi connectivity index (χ1v) is 6.12. The molecule has 0 heterocycles. The maximum atomic E-state index is 5.18. The molecule has 0 amide bonds. The van der Waals surface area contributed by atoms with Gasteiger partial charge in [0, 0.05) is 0 Å². The summed E-state index contributed by atoms with van der Waals surface area (Å²) in [6.45, 7) is 0. The fraction of sp³-hybridized carbons (Fsp3) is 0.200. The van der Waals surface area contributed by atoms with Gasteiger partial charge in [-0.15, -0.1) is 0 Å². The van der Waals surface area contributed by atoms with Gasteiger partial charge >= 0.3 is 94.4 Å². The van der Waals surface area contributed by atoms with Crippen LogP contribution in [-0.2, 0) is 0 Å². The van der Waals surface area contributed by atoms with Gasteiger partial charge in [-0.2, -0.15) is 0 Å². The zero-order valence-electron chi connectivity index (χ0n) is 7.70. The average Bonchev–Trinajstić information content (AvgIpc) is 2.18. The molecule has 3 radical (unpaired) electrons. The number of ether oxygens (including phenoxy) is 2. The van der Waals surface area contributed by atoms with Gasteiger partial charge in [0.05, 0.1) is 0 Å². The Labute approximate surface area is 94.2 Å². The molecule has 0 unspecified atom stereocenters. The number of methoxy groups -OCH3 is 2. The molecule has 1 aromatic rings. The molecule has 0 aliphatic rings. The fourth-order valence-electron chi connectivity index (χ4n) is 1.05. The molecule has 2 nitrogen and oxygen atoms in total. The van der Waals surface area contributed by atoms with Gasteiger partial charge in [0.1, 0.15) is 0 Å². The summed E-state index contributed by atoms with van der Waals surface area (Å²) in [6, 6.07) is 5.89. The Hall–Kier alpha value is -0.518. The van der Waals surface area contributed by atoms with E-state index in [4.69, 9.17) is 9.47 Å². The van der Waals surface area contributed by atoms with Crippen LogP contribution in [0.4, 0.5) is 0 Å². The Bertz CT molecular complexity index is 308. The van der Waals surface area contributed by atoms with Crippen LogP contribution in [0.3, 0.4) is 0 Å². The van der Waals surface area contributed by atoms with E-state index in [0.29, 0.717) is 0 Å². The van der Waals surface area contributed by atoms with Gasteiger partial charge in [-0.1, -0.05) is 0 Å². The zero-order chi connectivity index (χ0) is 9.68. The molecule has 67 valence electrons. The summed E-state index contributed by atoms with van der Waals surface area (Å²) >= 11 is 1.07. The minimum absolute atomic E-state index is 0.771. The first-order chi connectivity index (χ1) is 6.31. The van der Waals surface area contributed by atoms with Crippen LogP contribution in [0.25, 0.3) is 6.08 Å². The average molecular weight is 370 g/mol. The Morgan fingerprint density at radius 2 is 1.85 bits per heavy atom. The molecule has 0 aliphatic carbocycles. The second-order valence-electron chi connectivity index (χ2n) is 2.45. The van der Waals surface area contributed by atoms with Crippen LogP contribution in [0.2, 0.25) is 0 Å². The molecule has 13 heavy (non-hydrogen) atoms. The molecule has 0 aliphatic heterocycles. The van der Waals surface area contributed by atoms with E-state index in [9.17, 15) is 0 Å². The van der Waals surface area contributed by atoms with Crippen molar-refractivity contribution >= 4 is 31.8 Å². The molecule has 0 N–H and O–H groups in total. The van der Waals surface area contributed by atoms with Crippen molar-refractivity contribution in [2.24, 2.45) is 0 Å². The van der Waals surface area contributed by atoms with E-state index in [2.05, 4.69) is 9.71 Å². The van der Waals surface area contributed by atoms with Crippen molar-refractivity contribution in [3.8, 4) is 11.5 Å². The number of hydrogen-bond acceptors (Lipinski definition) is 2. The molecule has 0 bridgehead atoms. The van der Waals surface area contributed by atoms with Crippen LogP contribution in [0.1, 0.15) is 5.56 Å². The third kappa shape index (κ3) is 2.72. The first-order valence-electron chi connectivity index (χ1n) is 3.87. The Balaban J connectivity index is 3.05. The molecule has 0 saturated carbocycles. The molecule has 0 spiro atoms. The van der Waals surface area contributed by atoms with Crippen molar-refractivity contribution in [3.63, 3.8) is 0 Å². The third-order valence-electron chi connectivity index (χ3n) is 1.68. The van der Waals surface area contributed by atoms with Gasteiger partial charge in [0.15, 0.2) is 0 Å². The second kappa shape index (κ2) is 5.26. The molecule has 1 rings (SSSR count). The van der Waals surface area contributed by atoms with Crippen LogP contribution in [0.15, 0.2) is 21.8 Å². The standard InChI is InChI=1S/C10H11O2.Pb/c1-4-8-5-6-9(11-2)10(7-8)12-3;/h1,4-7H,2-3H3;. The number of hydrogen-bond donors (Lipinski definition) is 0. The summed E-state index contributed by atoms with van der Waals surface area (Å²) in [5.41, 5.74) is 1.15. The predicted molar refractivity (Wildman–Crippen MR) is 54.3 cm³/mol. The topological polar surface area (TPSA) is 18.5 Å². The van der Waals surface area contributed by atoms with Crippen molar-refractivity contribution in [2.75, 3.05) is 14.2 Å². The van der Waals surface area contributed by atoms with Gasteiger partial charge in [-0.25, -0.2) is 0 Å². The second-order valence-corrected chi connectivity index (χ2v) is 3.74. The van der Waals surface area contributed by atoms with E-state index in [1.54, 1.807) is 14.2 Å². The van der Waals surface area contributed by atoms with Gasteiger partial charge in [0.2, 0.25) is 0 Å². The van der Waals surface area contributed by atoms with Crippen LogP contribution in [0, 0.1) is 0 Å². The Morgan fingerprint density at radius 3 is 2.38 bits per heavy atom. The van der Waals surface area contributed by atoms with Gasteiger partial charge in [-0.3, -0.25) is 0 Å². The van der Waals surface area contributed by atoms with E-state index < -0.39 is 0 Å². The van der Waals surface area contributed by atoms with Gasteiger partial charge in [-0.05, 0) is 0 Å². The number of benzene rings is 1. The molecular weight excluding hydrogens is 359 g/mol. The van der Waals surface area contributed by atoms with Crippen molar-refractivity contribution in [1.29, 1.82) is 0 Å². The first kappa shape index (κ1) is 10.6. The summed E-state index contributed by atoms with van der Waals surface area (Å²) in [4.78, 5) is 0. The monoisotopic (exact) mass is 371 g/mol. The van der Waals surface area contributed by atoms with Crippen molar-refractivity contribution < 1.29 is 9.47 Å².